The van der Waals surface area contributed by atoms with Gasteiger partial charge in [0.15, 0.2) is 0 Å². The molecule has 2 rings (SSSR count). The molecule has 0 bridgehead atoms. The predicted molar refractivity (Wildman–Crippen MR) is 55.4 cm³/mol. The molecule has 0 fully saturated rings. The predicted octanol–water partition coefficient (Wildman–Crippen LogP) is 0.424. The molecule has 0 aliphatic carbocycles. The number of hydrogen-bond acceptors (Lipinski definition) is 5. The second-order valence-corrected chi connectivity index (χ2v) is 3.01. The van der Waals surface area contributed by atoms with E-state index < -0.39 is 0 Å². The second kappa shape index (κ2) is 4.59. The molecule has 0 saturated carbocycles. The minimum Gasteiger partial charge on any atom is -0.271 e. The van der Waals surface area contributed by atoms with Crippen LogP contribution in [0.5, 0.6) is 0 Å². The summed E-state index contributed by atoms with van der Waals surface area (Å²) >= 11 is 0. The van der Waals surface area contributed by atoms with Crippen molar-refractivity contribution in [2.24, 2.45) is 5.84 Å². The first-order chi connectivity index (χ1) is 7.42. The number of nitrogens with one attached hydrogen (secondary N) is 1. The monoisotopic (exact) mass is 201 g/mol. The van der Waals surface area contributed by atoms with Crippen LogP contribution in [0.1, 0.15) is 17.3 Å². The van der Waals surface area contributed by atoms with Crippen LogP contribution >= 0.6 is 0 Å². The van der Waals surface area contributed by atoms with Crippen LogP contribution in [-0.4, -0.2) is 15.0 Å². The Morgan fingerprint density at radius 2 is 1.87 bits per heavy atom. The molecule has 0 saturated heterocycles. The average molecular weight is 201 g/mol. The highest BCUT2D eigenvalue weighted by atomic mass is 15.2. The summed E-state index contributed by atoms with van der Waals surface area (Å²) in [5.74, 6) is 5.50. The Bertz CT molecular complexity index is 363. The highest BCUT2D eigenvalue weighted by molar-refractivity contribution is 5.23. The molecule has 5 nitrogen and oxygen atoms in total. The van der Waals surface area contributed by atoms with Gasteiger partial charge in [0, 0.05) is 24.8 Å². The van der Waals surface area contributed by atoms with Gasteiger partial charge in [0.1, 0.15) is 0 Å². The van der Waals surface area contributed by atoms with Crippen molar-refractivity contribution in [3.63, 3.8) is 0 Å². The summed E-state index contributed by atoms with van der Waals surface area (Å²) < 4.78 is 0. The highest BCUT2D eigenvalue weighted by Gasteiger charge is 2.12. The number of nitrogens with zero attached hydrogens (tertiary/aromatic N) is 3. The number of hydrazine groups is 1. The maximum atomic E-state index is 5.50. The lowest BCUT2D eigenvalue weighted by atomic mass is 10.1. The quantitative estimate of drug-likeness (QED) is 0.556. The first kappa shape index (κ1) is 9.70. The van der Waals surface area contributed by atoms with E-state index in [1.54, 1.807) is 31.0 Å². The van der Waals surface area contributed by atoms with Crippen LogP contribution in [0, 0.1) is 0 Å². The molecule has 1 unspecified atom stereocenters. The van der Waals surface area contributed by atoms with Crippen molar-refractivity contribution in [1.29, 1.82) is 0 Å². The smallest absolute Gasteiger partial charge is 0.0898 e. The molecule has 76 valence electrons. The van der Waals surface area contributed by atoms with Gasteiger partial charge in [-0.2, -0.15) is 0 Å². The summed E-state index contributed by atoms with van der Waals surface area (Å²) in [6.07, 6.45) is 8.39. The van der Waals surface area contributed by atoms with E-state index in [1.807, 2.05) is 12.1 Å². The summed E-state index contributed by atoms with van der Waals surface area (Å²) in [6.45, 7) is 0. The molecule has 0 aromatic carbocycles. The molecular formula is C10H11N5. The van der Waals surface area contributed by atoms with Gasteiger partial charge in [-0.3, -0.25) is 20.8 Å². The number of rotatable bonds is 3. The molecule has 5 heteroatoms. The molecular weight excluding hydrogens is 190 g/mol. The summed E-state index contributed by atoms with van der Waals surface area (Å²) in [4.78, 5) is 12.2. The number of nitrogens with two attached hydrogens (primary N) is 1. The van der Waals surface area contributed by atoms with Gasteiger partial charge in [-0.25, -0.2) is 5.43 Å². The minimum atomic E-state index is -0.151. The van der Waals surface area contributed by atoms with Crippen LogP contribution in [0.4, 0.5) is 0 Å². The van der Waals surface area contributed by atoms with Crippen molar-refractivity contribution < 1.29 is 0 Å². The molecule has 0 amide bonds. The zero-order valence-corrected chi connectivity index (χ0v) is 8.04. The minimum absolute atomic E-state index is 0.151. The fourth-order valence-corrected chi connectivity index (χ4v) is 1.37. The van der Waals surface area contributed by atoms with Gasteiger partial charge in [-0.1, -0.05) is 0 Å². The maximum Gasteiger partial charge on any atom is 0.0898 e. The van der Waals surface area contributed by atoms with Crippen molar-refractivity contribution in [1.82, 2.24) is 20.4 Å². The van der Waals surface area contributed by atoms with Crippen LogP contribution < -0.4 is 11.3 Å². The first-order valence-electron chi connectivity index (χ1n) is 4.54. The van der Waals surface area contributed by atoms with Gasteiger partial charge in [-0.05, 0) is 17.7 Å². The Kier molecular flexibility index (Phi) is 2.96. The van der Waals surface area contributed by atoms with Crippen LogP contribution in [-0.2, 0) is 0 Å². The summed E-state index contributed by atoms with van der Waals surface area (Å²) in [5.41, 5.74) is 4.50. The third-order valence-electron chi connectivity index (χ3n) is 2.09. The molecule has 3 N–H and O–H groups in total. The summed E-state index contributed by atoms with van der Waals surface area (Å²) in [7, 11) is 0. The van der Waals surface area contributed by atoms with E-state index in [-0.39, 0.29) is 6.04 Å². The Hall–Kier alpha value is -1.85. The van der Waals surface area contributed by atoms with E-state index in [0.29, 0.717) is 0 Å². The van der Waals surface area contributed by atoms with Gasteiger partial charge in [-0.15, -0.1) is 0 Å². The van der Waals surface area contributed by atoms with Crippen molar-refractivity contribution in [2.45, 2.75) is 6.04 Å². The van der Waals surface area contributed by atoms with E-state index in [2.05, 4.69) is 20.4 Å². The molecule has 0 aliphatic heterocycles. The molecule has 2 aromatic heterocycles. The number of pyridine rings is 1. The largest absolute Gasteiger partial charge is 0.271 e. The average Bonchev–Trinajstić information content (AvgIpc) is 2.33. The second-order valence-electron chi connectivity index (χ2n) is 3.01. The molecule has 0 radical (unpaired) electrons. The third kappa shape index (κ3) is 2.15. The van der Waals surface area contributed by atoms with Gasteiger partial charge < -0.3 is 0 Å². The highest BCUT2D eigenvalue weighted by Crippen LogP contribution is 2.16. The van der Waals surface area contributed by atoms with E-state index in [1.165, 1.54) is 0 Å². The summed E-state index contributed by atoms with van der Waals surface area (Å²) in [5, 5.41) is 0. The van der Waals surface area contributed by atoms with E-state index in [0.717, 1.165) is 11.3 Å². The molecule has 0 aliphatic rings. The lowest BCUT2D eigenvalue weighted by molar-refractivity contribution is 0.617. The molecule has 0 spiro atoms. The third-order valence-corrected chi connectivity index (χ3v) is 2.09. The van der Waals surface area contributed by atoms with Crippen LogP contribution in [0.2, 0.25) is 0 Å². The summed E-state index contributed by atoms with van der Waals surface area (Å²) in [6, 6.07) is 3.62. The van der Waals surface area contributed by atoms with Crippen LogP contribution in [0.15, 0.2) is 43.1 Å². The van der Waals surface area contributed by atoms with Crippen molar-refractivity contribution in [3.8, 4) is 0 Å². The first-order valence-corrected chi connectivity index (χ1v) is 4.54. The number of hydrogen-bond donors (Lipinski definition) is 2. The Morgan fingerprint density at radius 1 is 1.07 bits per heavy atom. The van der Waals surface area contributed by atoms with Crippen LogP contribution in [0.25, 0.3) is 0 Å². The standard InChI is InChI=1S/C10H11N5/c11-15-10(8-1-3-12-4-2-8)9-7-13-5-6-14-9/h1-7,10,15H,11H2. The van der Waals surface area contributed by atoms with Crippen molar-refractivity contribution >= 4 is 0 Å². The van der Waals surface area contributed by atoms with E-state index in [4.69, 9.17) is 5.84 Å². The SMILES string of the molecule is NNC(c1ccncc1)c1cnccn1. The molecule has 15 heavy (non-hydrogen) atoms. The van der Waals surface area contributed by atoms with Crippen molar-refractivity contribution in [2.75, 3.05) is 0 Å². The lowest BCUT2D eigenvalue weighted by Gasteiger charge is -2.14. The Labute approximate surface area is 87.4 Å². The molecule has 1 atom stereocenters. The van der Waals surface area contributed by atoms with Gasteiger partial charge in [0.05, 0.1) is 17.9 Å². The van der Waals surface area contributed by atoms with Crippen molar-refractivity contribution in [3.05, 3.63) is 54.4 Å². The lowest BCUT2D eigenvalue weighted by Crippen LogP contribution is -2.29. The Morgan fingerprint density at radius 3 is 2.47 bits per heavy atom. The zero-order chi connectivity index (χ0) is 10.5. The Balaban J connectivity index is 2.34. The van der Waals surface area contributed by atoms with Gasteiger partial charge >= 0.3 is 0 Å². The van der Waals surface area contributed by atoms with E-state index in [9.17, 15) is 0 Å². The molecule has 2 heterocycles. The van der Waals surface area contributed by atoms with Gasteiger partial charge in [0.2, 0.25) is 0 Å². The maximum absolute atomic E-state index is 5.50. The fraction of sp³-hybridized carbons (Fsp3) is 0.100. The normalized spacial score (nSPS) is 12.3. The number of aromatic nitrogens is 3. The zero-order valence-electron chi connectivity index (χ0n) is 8.04. The van der Waals surface area contributed by atoms with Gasteiger partial charge in [0.25, 0.3) is 0 Å². The molecule has 2 aromatic rings. The fourth-order valence-electron chi connectivity index (χ4n) is 1.37. The van der Waals surface area contributed by atoms with E-state index >= 15 is 0 Å². The van der Waals surface area contributed by atoms with Crippen LogP contribution in [0.3, 0.4) is 0 Å². The topological polar surface area (TPSA) is 76.7 Å².